The lowest BCUT2D eigenvalue weighted by Gasteiger charge is -2.28. The predicted molar refractivity (Wildman–Crippen MR) is 72.6 cm³/mol. The highest BCUT2D eigenvalue weighted by molar-refractivity contribution is 6.29. The van der Waals surface area contributed by atoms with Crippen molar-refractivity contribution in [1.82, 2.24) is 4.98 Å². The van der Waals surface area contributed by atoms with E-state index < -0.39 is 11.0 Å². The predicted octanol–water partition coefficient (Wildman–Crippen LogP) is 3.65. The van der Waals surface area contributed by atoms with Gasteiger partial charge in [-0.1, -0.05) is 17.7 Å². The van der Waals surface area contributed by atoms with Crippen LogP contribution in [0, 0.1) is 5.41 Å². The number of hydrogen-bond donors (Lipinski definition) is 0. The molecule has 0 atom stereocenters. The van der Waals surface area contributed by atoms with Gasteiger partial charge in [0.2, 0.25) is 0 Å². The first-order valence-corrected chi connectivity index (χ1v) is 6.33. The Bertz CT molecular complexity index is 436. The van der Waals surface area contributed by atoms with Gasteiger partial charge in [-0.3, -0.25) is 4.79 Å². The van der Waals surface area contributed by atoms with Gasteiger partial charge in [-0.25, -0.2) is 4.98 Å². The zero-order valence-electron chi connectivity index (χ0n) is 11.6. The van der Waals surface area contributed by atoms with Crippen molar-refractivity contribution < 1.29 is 9.53 Å². The fourth-order valence-corrected chi connectivity index (χ4v) is 1.67. The van der Waals surface area contributed by atoms with E-state index in [4.69, 9.17) is 16.3 Å². The average molecular weight is 270 g/mol. The number of nitrogens with zero attached hydrogens (tertiary/aromatic N) is 1. The molecule has 1 aromatic rings. The van der Waals surface area contributed by atoms with E-state index in [0.717, 1.165) is 5.69 Å². The highest BCUT2D eigenvalue weighted by atomic mass is 35.5. The number of aromatic nitrogens is 1. The normalized spacial score (nSPS) is 12.3. The van der Waals surface area contributed by atoms with Crippen LogP contribution in [0.15, 0.2) is 18.2 Å². The van der Waals surface area contributed by atoms with Crippen molar-refractivity contribution in [3.05, 3.63) is 29.0 Å². The van der Waals surface area contributed by atoms with Crippen LogP contribution in [-0.4, -0.2) is 16.6 Å². The van der Waals surface area contributed by atoms with Crippen LogP contribution >= 0.6 is 11.6 Å². The number of ether oxygens (including phenoxy) is 1. The van der Waals surface area contributed by atoms with E-state index in [1.807, 2.05) is 46.8 Å². The zero-order valence-corrected chi connectivity index (χ0v) is 12.3. The van der Waals surface area contributed by atoms with E-state index in [-0.39, 0.29) is 5.97 Å². The molecular formula is C14H20ClNO2. The Hall–Kier alpha value is -1.09. The topological polar surface area (TPSA) is 39.2 Å². The van der Waals surface area contributed by atoms with Crippen molar-refractivity contribution in [2.75, 3.05) is 0 Å². The van der Waals surface area contributed by atoms with Crippen molar-refractivity contribution in [1.29, 1.82) is 0 Å². The van der Waals surface area contributed by atoms with Crippen LogP contribution in [0.4, 0.5) is 0 Å². The summed E-state index contributed by atoms with van der Waals surface area (Å²) in [7, 11) is 0. The molecule has 0 aliphatic rings. The minimum Gasteiger partial charge on any atom is -0.460 e. The highest BCUT2D eigenvalue weighted by Crippen LogP contribution is 2.25. The van der Waals surface area contributed by atoms with Crippen LogP contribution < -0.4 is 0 Å². The van der Waals surface area contributed by atoms with Gasteiger partial charge in [-0.15, -0.1) is 0 Å². The Kier molecular flexibility index (Phi) is 4.38. The molecule has 0 N–H and O–H groups in total. The standard InChI is InChI=1S/C14H20ClNO2/c1-13(2,3)18-12(17)14(4,5)9-10-7-6-8-11(15)16-10/h6-8H,9H2,1-5H3. The van der Waals surface area contributed by atoms with Crippen LogP contribution in [0.5, 0.6) is 0 Å². The maximum atomic E-state index is 12.1. The number of carbonyl (C=O) groups excluding carboxylic acids is 1. The summed E-state index contributed by atoms with van der Waals surface area (Å²) in [4.78, 5) is 16.3. The minimum atomic E-state index is -0.620. The Balaban J connectivity index is 2.78. The van der Waals surface area contributed by atoms with E-state index in [1.165, 1.54) is 0 Å². The molecule has 1 rings (SSSR count). The molecule has 0 aliphatic carbocycles. The SMILES string of the molecule is CC(C)(C)OC(=O)C(C)(C)Cc1cccc(Cl)n1. The Morgan fingerprint density at radius 3 is 2.39 bits per heavy atom. The van der Waals surface area contributed by atoms with E-state index in [9.17, 15) is 4.79 Å². The van der Waals surface area contributed by atoms with Crippen LogP contribution in [0.3, 0.4) is 0 Å². The number of carbonyl (C=O) groups is 1. The summed E-state index contributed by atoms with van der Waals surface area (Å²) in [5.74, 6) is -0.225. The van der Waals surface area contributed by atoms with Crippen LogP contribution in [0.1, 0.15) is 40.3 Å². The van der Waals surface area contributed by atoms with Crippen LogP contribution in [0.2, 0.25) is 5.15 Å². The second-order valence-corrected chi connectivity index (χ2v) is 6.40. The molecule has 0 saturated heterocycles. The van der Waals surface area contributed by atoms with Crippen molar-refractivity contribution >= 4 is 17.6 Å². The van der Waals surface area contributed by atoms with E-state index >= 15 is 0 Å². The third-order valence-electron chi connectivity index (χ3n) is 2.35. The zero-order chi connectivity index (χ0) is 14.0. The van der Waals surface area contributed by atoms with Gasteiger partial charge in [0.15, 0.2) is 0 Å². The Morgan fingerprint density at radius 1 is 1.28 bits per heavy atom. The Labute approximate surface area is 114 Å². The molecule has 3 nitrogen and oxygen atoms in total. The lowest BCUT2D eigenvalue weighted by Crippen LogP contribution is -2.35. The molecule has 0 radical (unpaired) electrons. The van der Waals surface area contributed by atoms with Gasteiger partial charge < -0.3 is 4.74 Å². The summed E-state index contributed by atoms with van der Waals surface area (Å²) >= 11 is 5.83. The van der Waals surface area contributed by atoms with Crippen LogP contribution in [0.25, 0.3) is 0 Å². The molecule has 0 aromatic carbocycles. The summed E-state index contributed by atoms with van der Waals surface area (Å²) in [5, 5.41) is 0.437. The minimum absolute atomic E-state index is 0.225. The third kappa shape index (κ3) is 4.65. The van der Waals surface area contributed by atoms with Gasteiger partial charge in [0, 0.05) is 12.1 Å². The Morgan fingerprint density at radius 2 is 1.89 bits per heavy atom. The first kappa shape index (κ1) is 15.0. The van der Waals surface area contributed by atoms with E-state index in [0.29, 0.717) is 11.6 Å². The van der Waals surface area contributed by atoms with Gasteiger partial charge in [0.25, 0.3) is 0 Å². The van der Waals surface area contributed by atoms with Gasteiger partial charge in [-0.05, 0) is 46.8 Å². The molecule has 0 saturated carbocycles. The molecule has 0 fully saturated rings. The lowest BCUT2D eigenvalue weighted by molar-refractivity contribution is -0.165. The maximum absolute atomic E-state index is 12.1. The number of esters is 1. The van der Waals surface area contributed by atoms with Crippen molar-refractivity contribution in [2.45, 2.75) is 46.6 Å². The summed E-state index contributed by atoms with van der Waals surface area (Å²) in [5.41, 5.74) is -0.306. The van der Waals surface area contributed by atoms with Crippen molar-refractivity contribution in [3.63, 3.8) is 0 Å². The summed E-state index contributed by atoms with van der Waals surface area (Å²) in [6.45, 7) is 9.28. The molecule has 4 heteroatoms. The smallest absolute Gasteiger partial charge is 0.312 e. The number of pyridine rings is 1. The molecule has 18 heavy (non-hydrogen) atoms. The quantitative estimate of drug-likeness (QED) is 0.621. The van der Waals surface area contributed by atoms with Crippen molar-refractivity contribution in [2.24, 2.45) is 5.41 Å². The number of rotatable bonds is 3. The maximum Gasteiger partial charge on any atom is 0.312 e. The summed E-state index contributed by atoms with van der Waals surface area (Å²) in [6, 6.07) is 5.40. The van der Waals surface area contributed by atoms with E-state index in [1.54, 1.807) is 6.07 Å². The third-order valence-corrected chi connectivity index (χ3v) is 2.56. The number of hydrogen-bond acceptors (Lipinski definition) is 3. The molecule has 0 amide bonds. The fourth-order valence-electron chi connectivity index (χ4n) is 1.49. The molecule has 100 valence electrons. The molecule has 0 spiro atoms. The van der Waals surface area contributed by atoms with Gasteiger partial charge in [-0.2, -0.15) is 0 Å². The fraction of sp³-hybridized carbons (Fsp3) is 0.571. The average Bonchev–Trinajstić information content (AvgIpc) is 2.13. The van der Waals surface area contributed by atoms with Gasteiger partial charge in [0.1, 0.15) is 10.8 Å². The second kappa shape index (κ2) is 5.27. The first-order chi connectivity index (χ1) is 8.10. The second-order valence-electron chi connectivity index (χ2n) is 6.01. The van der Waals surface area contributed by atoms with Gasteiger partial charge in [0.05, 0.1) is 5.41 Å². The molecule has 0 bridgehead atoms. The van der Waals surface area contributed by atoms with Crippen molar-refractivity contribution in [3.8, 4) is 0 Å². The van der Waals surface area contributed by atoms with E-state index in [2.05, 4.69) is 4.98 Å². The monoisotopic (exact) mass is 269 g/mol. The molecular weight excluding hydrogens is 250 g/mol. The summed E-state index contributed by atoms with van der Waals surface area (Å²) in [6.07, 6.45) is 0.502. The first-order valence-electron chi connectivity index (χ1n) is 5.95. The lowest BCUT2D eigenvalue weighted by atomic mass is 9.87. The van der Waals surface area contributed by atoms with Crippen LogP contribution in [-0.2, 0) is 16.0 Å². The molecule has 0 unspecified atom stereocenters. The van der Waals surface area contributed by atoms with Gasteiger partial charge >= 0.3 is 5.97 Å². The largest absolute Gasteiger partial charge is 0.460 e. The summed E-state index contributed by atoms with van der Waals surface area (Å²) < 4.78 is 5.41. The number of halogens is 1. The molecule has 1 aromatic heterocycles. The molecule has 0 aliphatic heterocycles. The highest BCUT2D eigenvalue weighted by Gasteiger charge is 2.33. The molecule has 1 heterocycles.